The normalized spacial score (nSPS) is 14.9. The zero-order valence-electron chi connectivity index (χ0n) is 14.4. The number of nitrogens with zero attached hydrogens (tertiary/aromatic N) is 2. The molecule has 6 nitrogen and oxygen atoms in total. The lowest BCUT2D eigenvalue weighted by atomic mass is 9.95. The van der Waals surface area contributed by atoms with Crippen molar-refractivity contribution in [2.45, 2.75) is 19.8 Å². The Balaban J connectivity index is 1.61. The largest absolute Gasteiger partial charge is 0.478 e. The number of piperidine rings is 1. The van der Waals surface area contributed by atoms with Crippen molar-refractivity contribution in [3.8, 4) is 0 Å². The highest BCUT2D eigenvalue weighted by atomic mass is 35.5. The summed E-state index contributed by atoms with van der Waals surface area (Å²) in [5.74, 6) is -1.31. The third-order valence-corrected chi connectivity index (χ3v) is 4.99. The smallest absolute Gasteiger partial charge is 0.337 e. The molecule has 1 aromatic heterocycles. The van der Waals surface area contributed by atoms with Gasteiger partial charge in [0, 0.05) is 42.8 Å². The van der Waals surface area contributed by atoms with Crippen molar-refractivity contribution in [3.05, 3.63) is 52.8 Å². The molecular formula is C19H20ClN3O3. The van der Waals surface area contributed by atoms with Crippen LogP contribution in [0.15, 0.2) is 36.7 Å². The first-order chi connectivity index (χ1) is 12.5. The van der Waals surface area contributed by atoms with Crippen LogP contribution in [0.5, 0.6) is 0 Å². The fraction of sp³-hybridized carbons (Fsp3) is 0.316. The van der Waals surface area contributed by atoms with E-state index in [1.54, 1.807) is 12.3 Å². The van der Waals surface area contributed by atoms with Gasteiger partial charge in [-0.15, -0.1) is 0 Å². The average Bonchev–Trinajstić information content (AvgIpc) is 2.63. The monoisotopic (exact) mass is 373 g/mol. The van der Waals surface area contributed by atoms with Gasteiger partial charge in [0.25, 0.3) is 0 Å². The molecule has 0 unspecified atom stereocenters. The maximum Gasteiger partial charge on any atom is 0.337 e. The highest BCUT2D eigenvalue weighted by Crippen LogP contribution is 2.27. The molecule has 1 amide bonds. The quantitative estimate of drug-likeness (QED) is 0.855. The van der Waals surface area contributed by atoms with Crippen LogP contribution < -0.4 is 10.2 Å². The van der Waals surface area contributed by atoms with E-state index in [1.807, 2.05) is 19.2 Å². The number of aromatic carboxylic acids is 1. The van der Waals surface area contributed by atoms with E-state index < -0.39 is 5.97 Å². The molecular weight excluding hydrogens is 354 g/mol. The maximum absolute atomic E-state index is 12.5. The number of carbonyl (C=O) groups excluding carboxylic acids is 1. The molecule has 0 saturated carbocycles. The Labute approximate surface area is 156 Å². The van der Waals surface area contributed by atoms with Crippen LogP contribution in [-0.4, -0.2) is 35.1 Å². The molecule has 0 radical (unpaired) electrons. The lowest BCUT2D eigenvalue weighted by molar-refractivity contribution is -0.120. The van der Waals surface area contributed by atoms with Crippen LogP contribution in [-0.2, 0) is 4.79 Å². The molecule has 1 saturated heterocycles. The first-order valence-electron chi connectivity index (χ1n) is 8.45. The molecule has 1 aliphatic heterocycles. The predicted octanol–water partition coefficient (Wildman–Crippen LogP) is 3.60. The molecule has 0 atom stereocenters. The van der Waals surface area contributed by atoms with Gasteiger partial charge in [-0.2, -0.15) is 0 Å². The van der Waals surface area contributed by atoms with Crippen LogP contribution in [0.2, 0.25) is 5.02 Å². The van der Waals surface area contributed by atoms with Gasteiger partial charge in [-0.1, -0.05) is 11.6 Å². The van der Waals surface area contributed by atoms with E-state index in [-0.39, 0.29) is 22.4 Å². The number of nitrogens with one attached hydrogen (secondary N) is 1. The van der Waals surface area contributed by atoms with Crippen molar-refractivity contribution >= 4 is 34.9 Å². The SMILES string of the molecule is Cc1cnccc1N1CCC(C(=O)Nc2ccc(Cl)c(C(=O)O)c2)CC1. The summed E-state index contributed by atoms with van der Waals surface area (Å²) < 4.78 is 0. The minimum Gasteiger partial charge on any atom is -0.478 e. The highest BCUT2D eigenvalue weighted by molar-refractivity contribution is 6.33. The summed E-state index contributed by atoms with van der Waals surface area (Å²) in [4.78, 5) is 30.1. The Morgan fingerprint density at radius 3 is 2.65 bits per heavy atom. The Bertz CT molecular complexity index is 833. The summed E-state index contributed by atoms with van der Waals surface area (Å²) in [6.07, 6.45) is 5.11. The number of rotatable bonds is 4. The minimum atomic E-state index is -1.12. The van der Waals surface area contributed by atoms with Gasteiger partial charge in [0.1, 0.15) is 0 Å². The molecule has 7 heteroatoms. The number of pyridine rings is 1. The average molecular weight is 374 g/mol. The van der Waals surface area contributed by atoms with Crippen LogP contribution in [0, 0.1) is 12.8 Å². The molecule has 26 heavy (non-hydrogen) atoms. The summed E-state index contributed by atoms with van der Waals surface area (Å²) in [6.45, 7) is 3.62. The summed E-state index contributed by atoms with van der Waals surface area (Å²) in [6, 6.07) is 6.48. The molecule has 1 aliphatic rings. The zero-order valence-corrected chi connectivity index (χ0v) is 15.2. The predicted molar refractivity (Wildman–Crippen MR) is 101 cm³/mol. The minimum absolute atomic E-state index is 0.0209. The lowest BCUT2D eigenvalue weighted by Gasteiger charge is -2.33. The number of carboxylic acids is 1. The number of halogens is 1. The van der Waals surface area contributed by atoms with Gasteiger partial charge in [-0.3, -0.25) is 9.78 Å². The molecule has 1 fully saturated rings. The molecule has 1 aromatic carbocycles. The molecule has 3 rings (SSSR count). The van der Waals surface area contributed by atoms with Crippen LogP contribution in [0.25, 0.3) is 0 Å². The topological polar surface area (TPSA) is 82.5 Å². The Hall–Kier alpha value is -2.60. The molecule has 2 heterocycles. The Kier molecular flexibility index (Phi) is 5.42. The molecule has 0 bridgehead atoms. The first kappa shape index (κ1) is 18.2. The maximum atomic E-state index is 12.5. The van der Waals surface area contributed by atoms with E-state index in [9.17, 15) is 9.59 Å². The number of benzene rings is 1. The van der Waals surface area contributed by atoms with Gasteiger partial charge in [-0.05, 0) is 49.6 Å². The van der Waals surface area contributed by atoms with Gasteiger partial charge in [0.2, 0.25) is 5.91 Å². The second kappa shape index (κ2) is 7.74. The number of carbonyl (C=O) groups is 2. The number of hydrogen-bond donors (Lipinski definition) is 2. The van der Waals surface area contributed by atoms with E-state index in [4.69, 9.17) is 16.7 Å². The van der Waals surface area contributed by atoms with Gasteiger partial charge in [-0.25, -0.2) is 4.79 Å². The number of hydrogen-bond acceptors (Lipinski definition) is 4. The van der Waals surface area contributed by atoms with Gasteiger partial charge >= 0.3 is 5.97 Å². The van der Waals surface area contributed by atoms with E-state index in [2.05, 4.69) is 15.2 Å². The fourth-order valence-electron chi connectivity index (χ4n) is 3.21. The van der Waals surface area contributed by atoms with E-state index in [0.717, 1.165) is 37.2 Å². The van der Waals surface area contributed by atoms with E-state index >= 15 is 0 Å². The van der Waals surface area contributed by atoms with Crippen LogP contribution in [0.4, 0.5) is 11.4 Å². The summed E-state index contributed by atoms with van der Waals surface area (Å²) in [5.41, 5.74) is 2.71. The number of aromatic nitrogens is 1. The van der Waals surface area contributed by atoms with Crippen molar-refractivity contribution < 1.29 is 14.7 Å². The van der Waals surface area contributed by atoms with Crippen molar-refractivity contribution in [1.82, 2.24) is 4.98 Å². The third kappa shape index (κ3) is 3.96. The van der Waals surface area contributed by atoms with Crippen LogP contribution >= 0.6 is 11.6 Å². The zero-order chi connectivity index (χ0) is 18.7. The van der Waals surface area contributed by atoms with Crippen LogP contribution in [0.1, 0.15) is 28.8 Å². The molecule has 2 aromatic rings. The summed E-state index contributed by atoms with van der Waals surface area (Å²) in [5, 5.41) is 12.1. The second-order valence-electron chi connectivity index (χ2n) is 6.41. The highest BCUT2D eigenvalue weighted by Gasteiger charge is 2.26. The lowest BCUT2D eigenvalue weighted by Crippen LogP contribution is -2.38. The van der Waals surface area contributed by atoms with Crippen molar-refractivity contribution in [2.75, 3.05) is 23.3 Å². The van der Waals surface area contributed by atoms with E-state index in [1.165, 1.54) is 12.1 Å². The Morgan fingerprint density at radius 2 is 2.00 bits per heavy atom. The van der Waals surface area contributed by atoms with Crippen molar-refractivity contribution in [2.24, 2.45) is 5.92 Å². The van der Waals surface area contributed by atoms with Gasteiger partial charge < -0.3 is 15.3 Å². The van der Waals surface area contributed by atoms with Crippen LogP contribution in [0.3, 0.4) is 0 Å². The second-order valence-corrected chi connectivity index (χ2v) is 6.82. The fourth-order valence-corrected chi connectivity index (χ4v) is 3.41. The molecule has 0 aliphatic carbocycles. The van der Waals surface area contributed by atoms with Gasteiger partial charge in [0.05, 0.1) is 10.6 Å². The third-order valence-electron chi connectivity index (χ3n) is 4.66. The van der Waals surface area contributed by atoms with Crippen molar-refractivity contribution in [3.63, 3.8) is 0 Å². The summed E-state index contributed by atoms with van der Waals surface area (Å²) in [7, 11) is 0. The van der Waals surface area contributed by atoms with Crippen molar-refractivity contribution in [1.29, 1.82) is 0 Å². The number of aryl methyl sites for hydroxylation is 1. The van der Waals surface area contributed by atoms with Gasteiger partial charge in [0.15, 0.2) is 0 Å². The number of carboxylic acid groups (broad SMARTS) is 1. The molecule has 2 N–H and O–H groups in total. The first-order valence-corrected chi connectivity index (χ1v) is 8.83. The van der Waals surface area contributed by atoms with E-state index in [0.29, 0.717) is 5.69 Å². The molecule has 0 spiro atoms. The number of amides is 1. The summed E-state index contributed by atoms with van der Waals surface area (Å²) >= 11 is 5.86. The Morgan fingerprint density at radius 1 is 1.27 bits per heavy atom. The standard InChI is InChI=1S/C19H20ClN3O3/c1-12-11-21-7-4-17(12)23-8-5-13(6-9-23)18(24)22-14-2-3-16(20)15(10-14)19(25)26/h2-4,7,10-11,13H,5-6,8-9H2,1H3,(H,22,24)(H,25,26). The molecule has 136 valence electrons. The number of anilines is 2.